The first kappa shape index (κ1) is 15.1. The van der Waals surface area contributed by atoms with Crippen molar-refractivity contribution in [2.75, 3.05) is 17.7 Å². The lowest BCUT2D eigenvalue weighted by Gasteiger charge is -2.27. The maximum absolute atomic E-state index is 11.5. The maximum Gasteiger partial charge on any atom is 0.254 e. The van der Waals surface area contributed by atoms with Gasteiger partial charge in [-0.1, -0.05) is 6.07 Å². The van der Waals surface area contributed by atoms with Crippen LogP contribution >= 0.6 is 0 Å². The lowest BCUT2D eigenvalue weighted by atomic mass is 9.93. The summed E-state index contributed by atoms with van der Waals surface area (Å²) in [4.78, 5) is 20.1. The Labute approximate surface area is 134 Å². The van der Waals surface area contributed by atoms with E-state index in [1.165, 1.54) is 12.6 Å². The Morgan fingerprint density at radius 3 is 2.87 bits per heavy atom. The Bertz CT molecular complexity index is 715. The normalized spacial score (nSPS) is 14.0. The summed E-state index contributed by atoms with van der Waals surface area (Å²) in [6.07, 6.45) is 4.77. The monoisotopic (exact) mass is 313 g/mol. The van der Waals surface area contributed by atoms with Crippen molar-refractivity contribution in [3.05, 3.63) is 36.0 Å². The molecule has 0 unspecified atom stereocenters. The largest absolute Gasteiger partial charge is 0.497 e. The van der Waals surface area contributed by atoms with Gasteiger partial charge in [0.05, 0.1) is 12.7 Å². The highest BCUT2D eigenvalue weighted by molar-refractivity contribution is 5.97. The van der Waals surface area contributed by atoms with E-state index < -0.39 is 5.91 Å². The number of carbonyl (C=O) groups excluding carboxylic acids is 1. The van der Waals surface area contributed by atoms with Crippen LogP contribution in [0.1, 0.15) is 29.6 Å². The lowest BCUT2D eigenvalue weighted by molar-refractivity contribution is 0.100. The summed E-state index contributed by atoms with van der Waals surface area (Å²) in [7, 11) is 1.61. The minimum absolute atomic E-state index is 0.299. The van der Waals surface area contributed by atoms with Crippen LogP contribution in [-0.2, 0) is 0 Å². The summed E-state index contributed by atoms with van der Waals surface area (Å²) >= 11 is 0. The van der Waals surface area contributed by atoms with Crippen LogP contribution in [0.4, 0.5) is 17.5 Å². The zero-order valence-electron chi connectivity index (χ0n) is 12.9. The first-order valence-corrected chi connectivity index (χ1v) is 7.50. The zero-order chi connectivity index (χ0) is 16.2. The van der Waals surface area contributed by atoms with Gasteiger partial charge in [-0.25, -0.2) is 4.98 Å². The van der Waals surface area contributed by atoms with Gasteiger partial charge in [-0.15, -0.1) is 0 Å². The van der Waals surface area contributed by atoms with Gasteiger partial charge in [0.2, 0.25) is 5.95 Å². The molecule has 2 aromatic rings. The van der Waals surface area contributed by atoms with Crippen molar-refractivity contribution in [2.24, 2.45) is 5.73 Å². The van der Waals surface area contributed by atoms with Gasteiger partial charge < -0.3 is 21.1 Å². The number of carbonyl (C=O) groups is 1. The molecule has 120 valence electrons. The van der Waals surface area contributed by atoms with Crippen LogP contribution in [0.2, 0.25) is 0 Å². The fourth-order valence-electron chi connectivity index (χ4n) is 2.31. The molecule has 1 amide bonds. The highest BCUT2D eigenvalue weighted by atomic mass is 16.5. The van der Waals surface area contributed by atoms with E-state index in [-0.39, 0.29) is 0 Å². The standard InChI is InChI=1S/C16H19N5O2/c1-23-12-7-3-6-11(8-12)20-16-18-9-13(14(17)22)15(21-16)19-10-4-2-5-10/h3,6-10H,2,4-5H2,1H3,(H2,17,22)(H2,18,19,20,21). The van der Waals surface area contributed by atoms with Gasteiger partial charge in [-0.2, -0.15) is 4.98 Å². The Balaban J connectivity index is 1.83. The van der Waals surface area contributed by atoms with Crippen molar-refractivity contribution in [1.29, 1.82) is 0 Å². The molecule has 0 atom stereocenters. The van der Waals surface area contributed by atoms with Gasteiger partial charge in [-0.05, 0) is 31.4 Å². The van der Waals surface area contributed by atoms with Crippen molar-refractivity contribution in [3.8, 4) is 5.75 Å². The number of hydrogen-bond donors (Lipinski definition) is 3. The number of primary amides is 1. The third-order valence-corrected chi connectivity index (χ3v) is 3.83. The van der Waals surface area contributed by atoms with Crippen LogP contribution < -0.4 is 21.1 Å². The van der Waals surface area contributed by atoms with E-state index >= 15 is 0 Å². The number of rotatable bonds is 6. The molecule has 1 fully saturated rings. The maximum atomic E-state index is 11.5. The van der Waals surface area contributed by atoms with E-state index in [9.17, 15) is 4.79 Å². The summed E-state index contributed by atoms with van der Waals surface area (Å²) in [6.45, 7) is 0. The molecule has 4 N–H and O–H groups in total. The fraction of sp³-hybridized carbons (Fsp3) is 0.312. The Morgan fingerprint density at radius 1 is 1.39 bits per heavy atom. The number of nitrogens with zero attached hydrogens (tertiary/aromatic N) is 2. The average Bonchev–Trinajstić information content (AvgIpc) is 2.51. The molecule has 1 aliphatic rings. The number of hydrogen-bond acceptors (Lipinski definition) is 6. The summed E-state index contributed by atoms with van der Waals surface area (Å²) < 4.78 is 5.19. The second kappa shape index (κ2) is 6.51. The number of ether oxygens (including phenoxy) is 1. The number of nitrogens with one attached hydrogen (secondary N) is 2. The molecule has 0 saturated heterocycles. The molecule has 0 bridgehead atoms. The van der Waals surface area contributed by atoms with Crippen LogP contribution in [0.3, 0.4) is 0 Å². The predicted molar refractivity (Wildman–Crippen MR) is 88.1 cm³/mol. The van der Waals surface area contributed by atoms with Gasteiger partial charge in [0, 0.05) is 24.0 Å². The Kier molecular flexibility index (Phi) is 4.27. The molecule has 7 nitrogen and oxygen atoms in total. The number of benzene rings is 1. The minimum atomic E-state index is -0.542. The SMILES string of the molecule is COc1cccc(Nc2ncc(C(N)=O)c(NC3CCC3)n2)c1. The van der Waals surface area contributed by atoms with E-state index in [2.05, 4.69) is 20.6 Å². The van der Waals surface area contributed by atoms with Crippen molar-refractivity contribution in [2.45, 2.75) is 25.3 Å². The summed E-state index contributed by atoms with van der Waals surface area (Å²) in [5, 5.41) is 6.36. The highest BCUT2D eigenvalue weighted by Crippen LogP contribution is 2.25. The number of nitrogens with two attached hydrogens (primary N) is 1. The highest BCUT2D eigenvalue weighted by Gasteiger charge is 2.21. The second-order valence-corrected chi connectivity index (χ2v) is 5.45. The number of aromatic nitrogens is 2. The van der Waals surface area contributed by atoms with Gasteiger partial charge in [0.1, 0.15) is 11.6 Å². The van der Waals surface area contributed by atoms with Gasteiger partial charge in [-0.3, -0.25) is 4.79 Å². The Hall–Kier alpha value is -2.83. The van der Waals surface area contributed by atoms with E-state index in [4.69, 9.17) is 10.5 Å². The van der Waals surface area contributed by atoms with E-state index in [1.807, 2.05) is 24.3 Å². The number of amides is 1. The molecular formula is C16H19N5O2. The molecular weight excluding hydrogens is 294 g/mol. The molecule has 0 radical (unpaired) electrons. The van der Waals surface area contributed by atoms with Crippen LogP contribution in [0, 0.1) is 0 Å². The molecule has 3 rings (SSSR count). The second-order valence-electron chi connectivity index (χ2n) is 5.45. The fourth-order valence-corrected chi connectivity index (χ4v) is 2.31. The summed E-state index contributed by atoms with van der Waals surface area (Å²) in [6, 6.07) is 7.78. The van der Waals surface area contributed by atoms with Crippen molar-refractivity contribution in [3.63, 3.8) is 0 Å². The lowest BCUT2D eigenvalue weighted by Crippen LogP contribution is -2.29. The van der Waals surface area contributed by atoms with Gasteiger partial charge in [0.15, 0.2) is 0 Å². The minimum Gasteiger partial charge on any atom is -0.497 e. The molecule has 1 aromatic carbocycles. The number of methoxy groups -OCH3 is 1. The molecule has 0 spiro atoms. The van der Waals surface area contributed by atoms with Crippen molar-refractivity contribution < 1.29 is 9.53 Å². The summed E-state index contributed by atoms with van der Waals surface area (Å²) in [5.41, 5.74) is 6.49. The number of anilines is 3. The molecule has 1 aliphatic carbocycles. The quantitative estimate of drug-likeness (QED) is 0.756. The van der Waals surface area contributed by atoms with Crippen LogP contribution in [0.5, 0.6) is 5.75 Å². The molecule has 1 aromatic heterocycles. The predicted octanol–water partition coefficient (Wildman–Crippen LogP) is 2.29. The van der Waals surface area contributed by atoms with Crippen LogP contribution in [0.25, 0.3) is 0 Å². The molecule has 0 aliphatic heterocycles. The topological polar surface area (TPSA) is 102 Å². The van der Waals surface area contributed by atoms with E-state index in [1.54, 1.807) is 7.11 Å². The van der Waals surface area contributed by atoms with Crippen molar-refractivity contribution in [1.82, 2.24) is 9.97 Å². The smallest absolute Gasteiger partial charge is 0.254 e. The van der Waals surface area contributed by atoms with Gasteiger partial charge >= 0.3 is 0 Å². The van der Waals surface area contributed by atoms with E-state index in [0.29, 0.717) is 23.4 Å². The average molecular weight is 313 g/mol. The first-order valence-electron chi connectivity index (χ1n) is 7.50. The third-order valence-electron chi connectivity index (χ3n) is 3.83. The van der Waals surface area contributed by atoms with Gasteiger partial charge in [0.25, 0.3) is 5.91 Å². The van der Waals surface area contributed by atoms with Crippen LogP contribution in [0.15, 0.2) is 30.5 Å². The summed E-state index contributed by atoms with van der Waals surface area (Å²) in [5.74, 6) is 1.06. The molecule has 7 heteroatoms. The Morgan fingerprint density at radius 2 is 2.22 bits per heavy atom. The van der Waals surface area contributed by atoms with Crippen molar-refractivity contribution >= 4 is 23.4 Å². The molecule has 23 heavy (non-hydrogen) atoms. The third kappa shape index (κ3) is 3.50. The first-order chi connectivity index (χ1) is 11.2. The van der Waals surface area contributed by atoms with E-state index in [0.717, 1.165) is 24.3 Å². The molecule has 1 heterocycles. The zero-order valence-corrected chi connectivity index (χ0v) is 12.9. The van der Waals surface area contributed by atoms with Crippen LogP contribution in [-0.4, -0.2) is 29.0 Å². The molecule has 1 saturated carbocycles.